The fourth-order valence-corrected chi connectivity index (χ4v) is 3.45. The SMILES string of the molecule is COCCN1CCC(NC(=O)C2(O)Cc3ccccc3C2)C1. The van der Waals surface area contributed by atoms with Crippen LogP contribution >= 0.6 is 0 Å². The van der Waals surface area contributed by atoms with Gasteiger partial charge in [0.1, 0.15) is 0 Å². The summed E-state index contributed by atoms with van der Waals surface area (Å²) >= 11 is 0. The summed E-state index contributed by atoms with van der Waals surface area (Å²) in [7, 11) is 1.70. The first-order valence-corrected chi connectivity index (χ1v) is 7.92. The van der Waals surface area contributed by atoms with E-state index in [-0.39, 0.29) is 11.9 Å². The van der Waals surface area contributed by atoms with E-state index in [4.69, 9.17) is 4.74 Å². The predicted molar refractivity (Wildman–Crippen MR) is 83.7 cm³/mol. The summed E-state index contributed by atoms with van der Waals surface area (Å²) in [5.74, 6) is -0.234. The van der Waals surface area contributed by atoms with E-state index in [1.54, 1.807) is 7.11 Å². The second-order valence-corrected chi connectivity index (χ2v) is 6.41. The minimum absolute atomic E-state index is 0.122. The Balaban J connectivity index is 1.55. The fourth-order valence-electron chi connectivity index (χ4n) is 3.45. The zero-order chi connectivity index (χ0) is 15.6. The Morgan fingerprint density at radius 2 is 2.09 bits per heavy atom. The molecule has 1 amide bonds. The molecule has 0 radical (unpaired) electrons. The molecule has 22 heavy (non-hydrogen) atoms. The Morgan fingerprint density at radius 3 is 2.73 bits per heavy atom. The van der Waals surface area contributed by atoms with Gasteiger partial charge in [-0.1, -0.05) is 24.3 Å². The number of likely N-dealkylation sites (tertiary alicyclic amines) is 1. The van der Waals surface area contributed by atoms with E-state index in [2.05, 4.69) is 10.2 Å². The Kier molecular flexibility index (Phi) is 4.47. The number of hydrogen-bond acceptors (Lipinski definition) is 4. The number of amides is 1. The lowest BCUT2D eigenvalue weighted by atomic mass is 9.99. The Labute approximate surface area is 131 Å². The Bertz CT molecular complexity index is 521. The minimum atomic E-state index is -1.29. The van der Waals surface area contributed by atoms with Gasteiger partial charge in [-0.2, -0.15) is 0 Å². The topological polar surface area (TPSA) is 61.8 Å². The van der Waals surface area contributed by atoms with Crippen LogP contribution in [-0.4, -0.2) is 60.9 Å². The van der Waals surface area contributed by atoms with Gasteiger partial charge >= 0.3 is 0 Å². The van der Waals surface area contributed by atoms with Crippen molar-refractivity contribution in [1.29, 1.82) is 0 Å². The smallest absolute Gasteiger partial charge is 0.252 e. The van der Waals surface area contributed by atoms with Gasteiger partial charge in [-0.3, -0.25) is 9.69 Å². The second-order valence-electron chi connectivity index (χ2n) is 6.41. The summed E-state index contributed by atoms with van der Waals surface area (Å²) in [6.45, 7) is 3.39. The lowest BCUT2D eigenvalue weighted by molar-refractivity contribution is -0.139. The highest BCUT2D eigenvalue weighted by atomic mass is 16.5. The van der Waals surface area contributed by atoms with Gasteiger partial charge in [0.25, 0.3) is 5.91 Å². The van der Waals surface area contributed by atoms with Crippen molar-refractivity contribution in [2.75, 3.05) is 33.4 Å². The molecular formula is C17H24N2O3. The molecule has 3 rings (SSSR count). The number of hydrogen-bond donors (Lipinski definition) is 2. The highest BCUT2D eigenvalue weighted by Gasteiger charge is 2.42. The fraction of sp³-hybridized carbons (Fsp3) is 0.588. The maximum atomic E-state index is 12.5. The maximum Gasteiger partial charge on any atom is 0.252 e. The first-order valence-electron chi connectivity index (χ1n) is 7.92. The van der Waals surface area contributed by atoms with Gasteiger partial charge in [0.2, 0.25) is 0 Å². The zero-order valence-electron chi connectivity index (χ0n) is 13.0. The van der Waals surface area contributed by atoms with Crippen LogP contribution in [0.2, 0.25) is 0 Å². The first-order chi connectivity index (χ1) is 10.6. The third-order valence-electron chi connectivity index (χ3n) is 4.73. The number of benzene rings is 1. The van der Waals surface area contributed by atoms with Gasteiger partial charge in [-0.25, -0.2) is 0 Å². The summed E-state index contributed by atoms with van der Waals surface area (Å²) in [4.78, 5) is 14.8. The molecule has 1 aliphatic heterocycles. The molecule has 1 heterocycles. The highest BCUT2D eigenvalue weighted by Crippen LogP contribution is 2.30. The van der Waals surface area contributed by atoms with Gasteiger partial charge in [-0.15, -0.1) is 0 Å². The van der Waals surface area contributed by atoms with Gasteiger partial charge in [0.05, 0.1) is 6.61 Å². The number of ether oxygens (including phenoxy) is 1. The van der Waals surface area contributed by atoms with Gasteiger partial charge in [-0.05, 0) is 17.5 Å². The van der Waals surface area contributed by atoms with Crippen molar-refractivity contribution in [2.24, 2.45) is 0 Å². The number of carbonyl (C=O) groups excluding carboxylic acids is 1. The molecule has 0 saturated carbocycles. The van der Waals surface area contributed by atoms with Crippen LogP contribution in [0.15, 0.2) is 24.3 Å². The van der Waals surface area contributed by atoms with Crippen LogP contribution in [0.4, 0.5) is 0 Å². The number of methoxy groups -OCH3 is 1. The third kappa shape index (κ3) is 3.16. The van der Waals surface area contributed by atoms with E-state index >= 15 is 0 Å². The molecule has 1 fully saturated rings. The monoisotopic (exact) mass is 304 g/mol. The standard InChI is InChI=1S/C17H24N2O3/c1-22-9-8-19-7-6-15(12-19)18-16(20)17(21)10-13-4-2-3-5-14(13)11-17/h2-5,15,21H,6-12H2,1H3,(H,18,20). The van der Waals surface area contributed by atoms with E-state index in [0.717, 1.165) is 37.2 Å². The van der Waals surface area contributed by atoms with Gasteiger partial charge in [0, 0.05) is 45.6 Å². The first kappa shape index (κ1) is 15.5. The highest BCUT2D eigenvalue weighted by molar-refractivity contribution is 5.87. The second kappa shape index (κ2) is 6.36. The largest absolute Gasteiger partial charge is 0.383 e. The lowest BCUT2D eigenvalue weighted by Gasteiger charge is -2.24. The van der Waals surface area contributed by atoms with Crippen molar-refractivity contribution in [2.45, 2.75) is 30.9 Å². The average molecular weight is 304 g/mol. The van der Waals surface area contributed by atoms with Crippen molar-refractivity contribution in [3.63, 3.8) is 0 Å². The molecule has 1 saturated heterocycles. The quantitative estimate of drug-likeness (QED) is 0.824. The van der Waals surface area contributed by atoms with Crippen LogP contribution in [0.5, 0.6) is 0 Å². The summed E-state index contributed by atoms with van der Waals surface area (Å²) in [5.41, 5.74) is 0.866. The summed E-state index contributed by atoms with van der Waals surface area (Å²) in [6, 6.07) is 8.00. The van der Waals surface area contributed by atoms with E-state index in [1.807, 2.05) is 24.3 Å². The number of nitrogens with zero attached hydrogens (tertiary/aromatic N) is 1. The molecule has 1 atom stereocenters. The Morgan fingerprint density at radius 1 is 1.41 bits per heavy atom. The molecule has 1 aliphatic carbocycles. The maximum absolute atomic E-state index is 12.5. The molecule has 2 aliphatic rings. The van der Waals surface area contributed by atoms with Crippen LogP contribution in [0.1, 0.15) is 17.5 Å². The van der Waals surface area contributed by atoms with Gasteiger partial charge < -0.3 is 15.2 Å². The third-order valence-corrected chi connectivity index (χ3v) is 4.73. The van der Waals surface area contributed by atoms with E-state index in [0.29, 0.717) is 19.4 Å². The van der Waals surface area contributed by atoms with E-state index in [9.17, 15) is 9.90 Å². The zero-order valence-corrected chi connectivity index (χ0v) is 13.0. The van der Waals surface area contributed by atoms with Gasteiger partial charge in [0.15, 0.2) is 5.60 Å². The summed E-state index contributed by atoms with van der Waals surface area (Å²) < 4.78 is 5.08. The average Bonchev–Trinajstić information content (AvgIpc) is 3.08. The van der Waals surface area contributed by atoms with E-state index < -0.39 is 5.60 Å². The normalized spacial score (nSPS) is 23.5. The number of fused-ring (bicyclic) bond motifs is 1. The Hall–Kier alpha value is -1.43. The molecule has 1 unspecified atom stereocenters. The molecule has 1 aromatic carbocycles. The number of rotatable bonds is 5. The molecule has 5 heteroatoms. The van der Waals surface area contributed by atoms with Crippen molar-refractivity contribution in [1.82, 2.24) is 10.2 Å². The molecule has 0 aromatic heterocycles. The molecule has 2 N–H and O–H groups in total. The predicted octanol–water partition coefficient (Wildman–Crippen LogP) is 0.353. The van der Waals surface area contributed by atoms with Crippen molar-refractivity contribution >= 4 is 5.91 Å². The minimum Gasteiger partial charge on any atom is -0.383 e. The summed E-state index contributed by atoms with van der Waals surface area (Å²) in [5, 5.41) is 13.7. The molecule has 1 aromatic rings. The lowest BCUT2D eigenvalue weighted by Crippen LogP contribution is -2.51. The van der Waals surface area contributed by atoms with Crippen LogP contribution in [0.25, 0.3) is 0 Å². The number of carbonyl (C=O) groups is 1. The van der Waals surface area contributed by atoms with Crippen LogP contribution < -0.4 is 5.32 Å². The van der Waals surface area contributed by atoms with Crippen LogP contribution in [0.3, 0.4) is 0 Å². The van der Waals surface area contributed by atoms with Crippen LogP contribution in [0, 0.1) is 0 Å². The molecule has 5 nitrogen and oxygen atoms in total. The van der Waals surface area contributed by atoms with E-state index in [1.165, 1.54) is 0 Å². The van der Waals surface area contributed by atoms with Crippen molar-refractivity contribution in [3.05, 3.63) is 35.4 Å². The van der Waals surface area contributed by atoms with Crippen LogP contribution in [-0.2, 0) is 22.4 Å². The van der Waals surface area contributed by atoms with Crippen molar-refractivity contribution < 1.29 is 14.6 Å². The molecular weight excluding hydrogens is 280 g/mol. The number of nitrogens with one attached hydrogen (secondary N) is 1. The summed E-state index contributed by atoms with van der Waals surface area (Å²) in [6.07, 6.45) is 1.75. The molecule has 120 valence electrons. The number of aliphatic hydroxyl groups is 1. The molecule has 0 bridgehead atoms. The van der Waals surface area contributed by atoms with Crippen molar-refractivity contribution in [3.8, 4) is 0 Å². The molecule has 0 spiro atoms.